The maximum absolute atomic E-state index is 12.4. The lowest BCUT2D eigenvalue weighted by Gasteiger charge is -2.23. The zero-order chi connectivity index (χ0) is 13.6. The van der Waals surface area contributed by atoms with Crippen molar-refractivity contribution in [2.45, 2.75) is 19.1 Å². The maximum Gasteiger partial charge on any atom is 0.401 e. The second-order valence-corrected chi connectivity index (χ2v) is 4.03. The third kappa shape index (κ3) is 6.24. The Morgan fingerprint density at radius 2 is 1.83 bits per heavy atom. The molecule has 0 spiro atoms. The van der Waals surface area contributed by atoms with E-state index < -0.39 is 18.6 Å². The summed E-state index contributed by atoms with van der Waals surface area (Å²) in [6.45, 7) is -0.896. The fourth-order valence-electron chi connectivity index (χ4n) is 1.58. The van der Waals surface area contributed by atoms with Gasteiger partial charge in [0, 0.05) is 19.5 Å². The molecular weight excluding hydrogens is 245 g/mol. The van der Waals surface area contributed by atoms with Crippen LogP contribution in [0.2, 0.25) is 0 Å². The zero-order valence-electron chi connectivity index (χ0n) is 9.78. The van der Waals surface area contributed by atoms with Crippen molar-refractivity contribution in [1.82, 2.24) is 4.90 Å². The summed E-state index contributed by atoms with van der Waals surface area (Å²) >= 11 is 0. The summed E-state index contributed by atoms with van der Waals surface area (Å²) in [6, 6.07) is 8.80. The number of nitrogens with two attached hydrogens (primary N) is 1. The summed E-state index contributed by atoms with van der Waals surface area (Å²) in [5.41, 5.74) is 5.72. The van der Waals surface area contributed by atoms with Crippen LogP contribution in [0.15, 0.2) is 30.3 Å². The third-order valence-electron chi connectivity index (χ3n) is 2.33. The van der Waals surface area contributed by atoms with Gasteiger partial charge in [-0.25, -0.2) is 0 Å². The summed E-state index contributed by atoms with van der Waals surface area (Å²) < 4.78 is 37.1. The molecule has 0 saturated carbocycles. The number of hydrogen-bond acceptors (Lipinski definition) is 2. The van der Waals surface area contributed by atoms with Gasteiger partial charge in [0.25, 0.3) is 0 Å². The van der Waals surface area contributed by atoms with E-state index in [1.807, 2.05) is 0 Å². The Labute approximate surface area is 103 Å². The fraction of sp³-hybridized carbons (Fsp3) is 0.417. The van der Waals surface area contributed by atoms with Crippen LogP contribution in [0.1, 0.15) is 12.0 Å². The Morgan fingerprint density at radius 3 is 2.33 bits per heavy atom. The number of carbonyl (C=O) groups is 1. The zero-order valence-corrected chi connectivity index (χ0v) is 9.78. The smallest absolute Gasteiger partial charge is 0.370 e. The first kappa shape index (κ1) is 14.5. The quantitative estimate of drug-likeness (QED) is 0.849. The van der Waals surface area contributed by atoms with E-state index >= 15 is 0 Å². The van der Waals surface area contributed by atoms with E-state index in [4.69, 9.17) is 5.73 Å². The summed E-state index contributed by atoms with van der Waals surface area (Å²) in [5.74, 6) is -0.602. The summed E-state index contributed by atoms with van der Waals surface area (Å²) in [6.07, 6.45) is -4.37. The molecule has 0 radical (unpaired) electrons. The summed E-state index contributed by atoms with van der Waals surface area (Å²) in [5, 5.41) is 0. The first-order chi connectivity index (χ1) is 8.37. The molecule has 18 heavy (non-hydrogen) atoms. The molecule has 1 amide bonds. The van der Waals surface area contributed by atoms with Crippen LogP contribution in [-0.2, 0) is 11.3 Å². The molecule has 0 heterocycles. The molecule has 0 aliphatic rings. The minimum absolute atomic E-state index is 0.00371. The van der Waals surface area contributed by atoms with Crippen LogP contribution in [0.5, 0.6) is 0 Å². The highest BCUT2D eigenvalue weighted by molar-refractivity contribution is 5.73. The first-order valence-electron chi connectivity index (χ1n) is 5.48. The van der Waals surface area contributed by atoms with Gasteiger partial charge in [0.2, 0.25) is 5.91 Å². The number of hydrogen-bond donors (Lipinski definition) is 1. The SMILES string of the molecule is NC(=O)CCN(Cc1ccccc1)CC(F)(F)F. The number of amides is 1. The average Bonchev–Trinajstić information content (AvgIpc) is 2.25. The number of primary amides is 1. The van der Waals surface area contributed by atoms with Crippen LogP contribution in [0.3, 0.4) is 0 Å². The van der Waals surface area contributed by atoms with E-state index in [-0.39, 0.29) is 19.5 Å². The normalized spacial score (nSPS) is 11.8. The Bertz CT molecular complexity index is 379. The van der Waals surface area contributed by atoms with E-state index in [0.29, 0.717) is 0 Å². The molecule has 0 bridgehead atoms. The van der Waals surface area contributed by atoms with Crippen LogP contribution in [-0.4, -0.2) is 30.1 Å². The third-order valence-corrected chi connectivity index (χ3v) is 2.33. The number of benzene rings is 1. The van der Waals surface area contributed by atoms with Crippen LogP contribution >= 0.6 is 0 Å². The van der Waals surface area contributed by atoms with Crippen molar-refractivity contribution >= 4 is 5.91 Å². The van der Waals surface area contributed by atoms with Gasteiger partial charge in [0.05, 0.1) is 6.54 Å². The Morgan fingerprint density at radius 1 is 1.22 bits per heavy atom. The van der Waals surface area contributed by atoms with Crippen molar-refractivity contribution in [2.75, 3.05) is 13.1 Å². The second-order valence-electron chi connectivity index (χ2n) is 4.03. The highest BCUT2D eigenvalue weighted by Crippen LogP contribution is 2.18. The first-order valence-corrected chi connectivity index (χ1v) is 5.48. The lowest BCUT2D eigenvalue weighted by molar-refractivity contribution is -0.148. The molecule has 0 atom stereocenters. The van der Waals surface area contributed by atoms with Crippen molar-refractivity contribution in [3.8, 4) is 0 Å². The maximum atomic E-state index is 12.4. The Balaban J connectivity index is 2.62. The van der Waals surface area contributed by atoms with E-state index in [0.717, 1.165) is 5.56 Å². The van der Waals surface area contributed by atoms with Crippen LogP contribution < -0.4 is 5.73 Å². The summed E-state index contributed by atoms with van der Waals surface area (Å²) in [7, 11) is 0. The Hall–Kier alpha value is -1.56. The van der Waals surface area contributed by atoms with Gasteiger partial charge in [0.1, 0.15) is 0 Å². The predicted octanol–water partition coefficient (Wildman–Crippen LogP) is 1.93. The molecule has 3 nitrogen and oxygen atoms in total. The number of rotatable bonds is 6. The highest BCUT2D eigenvalue weighted by Gasteiger charge is 2.30. The lowest BCUT2D eigenvalue weighted by atomic mass is 10.2. The lowest BCUT2D eigenvalue weighted by Crippen LogP contribution is -2.36. The van der Waals surface area contributed by atoms with E-state index in [1.165, 1.54) is 4.90 Å². The fourth-order valence-corrected chi connectivity index (χ4v) is 1.58. The number of halogens is 3. The van der Waals surface area contributed by atoms with Gasteiger partial charge in [-0.2, -0.15) is 13.2 Å². The second kappa shape index (κ2) is 6.39. The molecule has 0 aliphatic carbocycles. The van der Waals surface area contributed by atoms with Gasteiger partial charge in [0.15, 0.2) is 0 Å². The monoisotopic (exact) mass is 260 g/mol. The average molecular weight is 260 g/mol. The molecule has 0 unspecified atom stereocenters. The molecule has 2 N–H and O–H groups in total. The minimum atomic E-state index is -4.29. The van der Waals surface area contributed by atoms with Crippen LogP contribution in [0, 0.1) is 0 Å². The predicted molar refractivity (Wildman–Crippen MR) is 61.6 cm³/mol. The van der Waals surface area contributed by atoms with Crippen molar-refractivity contribution in [1.29, 1.82) is 0 Å². The van der Waals surface area contributed by atoms with Gasteiger partial charge >= 0.3 is 6.18 Å². The van der Waals surface area contributed by atoms with E-state index in [2.05, 4.69) is 0 Å². The number of nitrogens with zero attached hydrogens (tertiary/aromatic N) is 1. The van der Waals surface area contributed by atoms with Crippen LogP contribution in [0.25, 0.3) is 0 Å². The molecule has 1 rings (SSSR count). The number of alkyl halides is 3. The van der Waals surface area contributed by atoms with Crippen molar-refractivity contribution in [3.05, 3.63) is 35.9 Å². The summed E-state index contributed by atoms with van der Waals surface area (Å²) in [4.78, 5) is 11.8. The molecule has 6 heteroatoms. The van der Waals surface area contributed by atoms with Crippen molar-refractivity contribution < 1.29 is 18.0 Å². The van der Waals surface area contributed by atoms with Gasteiger partial charge in [-0.1, -0.05) is 30.3 Å². The van der Waals surface area contributed by atoms with Gasteiger partial charge in [-0.15, -0.1) is 0 Å². The van der Waals surface area contributed by atoms with E-state index in [1.54, 1.807) is 30.3 Å². The standard InChI is InChI=1S/C12H15F3N2O/c13-12(14,15)9-17(7-6-11(16)18)8-10-4-2-1-3-5-10/h1-5H,6-9H2,(H2,16,18). The Kier molecular flexibility index (Phi) is 5.15. The van der Waals surface area contributed by atoms with Gasteiger partial charge in [-0.3, -0.25) is 9.69 Å². The molecular formula is C12H15F3N2O. The molecule has 0 saturated heterocycles. The van der Waals surface area contributed by atoms with Crippen molar-refractivity contribution in [3.63, 3.8) is 0 Å². The van der Waals surface area contributed by atoms with E-state index in [9.17, 15) is 18.0 Å². The van der Waals surface area contributed by atoms with Gasteiger partial charge < -0.3 is 5.73 Å². The van der Waals surface area contributed by atoms with Gasteiger partial charge in [-0.05, 0) is 5.56 Å². The molecule has 0 aliphatic heterocycles. The highest BCUT2D eigenvalue weighted by atomic mass is 19.4. The van der Waals surface area contributed by atoms with Crippen molar-refractivity contribution in [2.24, 2.45) is 5.73 Å². The minimum Gasteiger partial charge on any atom is -0.370 e. The molecule has 0 aromatic heterocycles. The molecule has 1 aromatic carbocycles. The topological polar surface area (TPSA) is 46.3 Å². The molecule has 100 valence electrons. The molecule has 1 aromatic rings. The molecule has 0 fully saturated rings. The van der Waals surface area contributed by atoms with Crippen LogP contribution in [0.4, 0.5) is 13.2 Å². The largest absolute Gasteiger partial charge is 0.401 e. The number of carbonyl (C=O) groups excluding carboxylic acids is 1.